The first-order valence-electron chi connectivity index (χ1n) is 13.6. The minimum atomic E-state index is -0.620. The van der Waals surface area contributed by atoms with Crippen LogP contribution in [0.4, 0.5) is 10.1 Å². The van der Waals surface area contributed by atoms with E-state index in [0.29, 0.717) is 35.5 Å². The first-order valence-corrected chi connectivity index (χ1v) is 14.4. The van der Waals surface area contributed by atoms with Gasteiger partial charge < -0.3 is 31.0 Å². The molecular weight excluding hydrogens is 556 g/mol. The van der Waals surface area contributed by atoms with E-state index in [1.807, 2.05) is 25.0 Å². The van der Waals surface area contributed by atoms with Crippen molar-refractivity contribution in [3.05, 3.63) is 63.4 Å². The number of carbonyl (C=O) groups is 2. The number of nitrogens with one attached hydrogen (secondary N) is 1. The van der Waals surface area contributed by atoms with E-state index < -0.39 is 11.9 Å². The Balaban J connectivity index is 0.000000545. The molecule has 222 valence electrons. The summed E-state index contributed by atoms with van der Waals surface area (Å²) >= 11 is 12.3. The van der Waals surface area contributed by atoms with E-state index >= 15 is 0 Å². The number of nitrogens with two attached hydrogens (primary N) is 1. The molecule has 2 aliphatic rings. The van der Waals surface area contributed by atoms with Gasteiger partial charge in [-0.25, -0.2) is 4.39 Å². The Morgan fingerprint density at radius 3 is 2.45 bits per heavy atom. The van der Waals surface area contributed by atoms with Crippen molar-refractivity contribution >= 4 is 42.1 Å². The van der Waals surface area contributed by atoms with Crippen molar-refractivity contribution in [2.24, 2.45) is 11.1 Å². The number of hydrogen-bond acceptors (Lipinski definition) is 6. The quantitative estimate of drug-likeness (QED) is 0.274. The van der Waals surface area contributed by atoms with Crippen LogP contribution in [0.5, 0.6) is 0 Å². The summed E-state index contributed by atoms with van der Waals surface area (Å²) in [7, 11) is 0. The number of anilines is 1. The number of amides is 1. The van der Waals surface area contributed by atoms with E-state index in [2.05, 4.69) is 23.2 Å². The molecule has 1 amide bonds. The van der Waals surface area contributed by atoms with E-state index in [9.17, 15) is 9.18 Å². The second-order valence-electron chi connectivity index (χ2n) is 10.8. The average Bonchev–Trinajstić information content (AvgIpc) is 3.58. The Labute approximate surface area is 246 Å². The summed E-state index contributed by atoms with van der Waals surface area (Å²) in [6.07, 6.45) is 6.92. The molecule has 1 saturated carbocycles. The molecule has 1 heterocycles. The zero-order valence-electron chi connectivity index (χ0n) is 23.1. The first-order chi connectivity index (χ1) is 19.2. The van der Waals surface area contributed by atoms with Gasteiger partial charge >= 0.3 is 0 Å². The number of nitrogens with zero attached hydrogens (tertiary/aromatic N) is 1. The van der Waals surface area contributed by atoms with Gasteiger partial charge in [0.2, 0.25) is 6.41 Å². The summed E-state index contributed by atoms with van der Waals surface area (Å²) in [5.74, 6) is -0.276. The van der Waals surface area contributed by atoms with Crippen molar-refractivity contribution in [2.45, 2.75) is 63.4 Å². The van der Waals surface area contributed by atoms with Gasteiger partial charge in [-0.2, -0.15) is 0 Å². The van der Waals surface area contributed by atoms with Gasteiger partial charge in [-0.15, -0.1) is 0 Å². The van der Waals surface area contributed by atoms with E-state index in [4.69, 9.17) is 43.9 Å². The normalized spacial score (nSPS) is 20.6. The van der Waals surface area contributed by atoms with Crippen LogP contribution < -0.4 is 11.1 Å². The van der Waals surface area contributed by atoms with Crippen molar-refractivity contribution in [3.8, 4) is 0 Å². The van der Waals surface area contributed by atoms with E-state index in [-0.39, 0.29) is 23.5 Å². The Bertz CT molecular complexity index is 1070. The molecule has 2 aromatic carbocycles. The molecule has 2 fully saturated rings. The lowest BCUT2D eigenvalue weighted by atomic mass is 9.83. The second-order valence-corrected chi connectivity index (χ2v) is 11.7. The Hall–Kier alpha value is -2.07. The monoisotopic (exact) mass is 597 g/mol. The molecule has 10 heteroatoms. The van der Waals surface area contributed by atoms with Crippen molar-refractivity contribution in [2.75, 3.05) is 38.1 Å². The molecule has 2 aromatic rings. The summed E-state index contributed by atoms with van der Waals surface area (Å²) in [5, 5.41) is 20.1. The SMILES string of the molecule is C=O.CC1(CCN2CC(c3cccc(Cl)c3)C(c3cc(F)c(Cl)cc3NC=O)C2)CCCC1.NCCC(O)CO. The van der Waals surface area contributed by atoms with Gasteiger partial charge in [0.25, 0.3) is 0 Å². The Kier molecular flexibility index (Phi) is 14.5. The van der Waals surface area contributed by atoms with Crippen LogP contribution in [0.1, 0.15) is 68.4 Å². The van der Waals surface area contributed by atoms with Gasteiger partial charge in [0.05, 0.1) is 17.7 Å². The third-order valence-corrected chi connectivity index (χ3v) is 8.46. The lowest BCUT2D eigenvalue weighted by molar-refractivity contribution is -0.105. The van der Waals surface area contributed by atoms with Gasteiger partial charge in [-0.05, 0) is 79.6 Å². The molecule has 0 radical (unpaired) electrons. The van der Waals surface area contributed by atoms with Crippen molar-refractivity contribution in [1.29, 1.82) is 0 Å². The molecule has 4 rings (SSSR count). The first kappa shape index (κ1) is 34.1. The lowest BCUT2D eigenvalue weighted by Gasteiger charge is -2.27. The molecule has 0 aromatic heterocycles. The standard InChI is InChI=1S/C25H29Cl2FN2O.C4H11NO2.CH2O/c1-25(7-2-3-8-25)9-10-30-14-20(17-5-4-6-18(26)11-17)21(15-30)19-12-23(28)22(27)13-24(19)29-16-31;5-2-1-4(7)3-6;1-2/h4-6,11-13,16,20-21H,2-3,7-10,14-15H2,1H3,(H,29,31);4,6-7H,1-3,5H2;1H2. The fourth-order valence-corrected chi connectivity index (χ4v) is 6.07. The average molecular weight is 599 g/mol. The number of hydrogen-bond donors (Lipinski definition) is 4. The summed E-state index contributed by atoms with van der Waals surface area (Å²) in [6, 6.07) is 10.9. The Morgan fingerprint density at radius 2 is 1.88 bits per heavy atom. The summed E-state index contributed by atoms with van der Waals surface area (Å²) in [5.41, 5.74) is 7.96. The fraction of sp³-hybridized carbons (Fsp3) is 0.533. The van der Waals surface area contributed by atoms with Gasteiger partial charge in [-0.3, -0.25) is 4.79 Å². The molecule has 3 atom stereocenters. The van der Waals surface area contributed by atoms with Crippen LogP contribution in [0.2, 0.25) is 10.0 Å². The largest absolute Gasteiger partial charge is 0.394 e. The van der Waals surface area contributed by atoms with E-state index in [1.54, 1.807) is 0 Å². The van der Waals surface area contributed by atoms with Gasteiger partial charge in [0, 0.05) is 35.6 Å². The molecular formula is C30H42Cl2FN3O4. The number of aliphatic hydroxyl groups excluding tert-OH is 2. The predicted molar refractivity (Wildman–Crippen MR) is 160 cm³/mol. The molecule has 0 spiro atoms. The third kappa shape index (κ3) is 9.79. The van der Waals surface area contributed by atoms with Crippen molar-refractivity contribution < 1.29 is 24.2 Å². The summed E-state index contributed by atoms with van der Waals surface area (Å²) < 4.78 is 14.5. The number of aliphatic hydroxyl groups is 2. The molecule has 0 bridgehead atoms. The number of carbonyl (C=O) groups excluding carboxylic acids is 2. The van der Waals surface area contributed by atoms with Gasteiger partial charge in [0.1, 0.15) is 12.6 Å². The summed E-state index contributed by atoms with van der Waals surface area (Å²) in [4.78, 5) is 21.7. The zero-order valence-corrected chi connectivity index (χ0v) is 24.6. The molecule has 7 nitrogen and oxygen atoms in total. The minimum absolute atomic E-state index is 0.0106. The highest BCUT2D eigenvalue weighted by Gasteiger charge is 2.38. The maximum absolute atomic E-state index is 14.5. The topological polar surface area (TPSA) is 116 Å². The van der Waals surface area contributed by atoms with Crippen LogP contribution >= 0.6 is 23.2 Å². The molecule has 5 N–H and O–H groups in total. The molecule has 1 aliphatic heterocycles. The van der Waals surface area contributed by atoms with E-state index in [0.717, 1.165) is 30.8 Å². The third-order valence-electron chi connectivity index (χ3n) is 7.93. The highest BCUT2D eigenvalue weighted by Crippen LogP contribution is 2.45. The number of likely N-dealkylation sites (tertiary alicyclic amines) is 1. The number of rotatable bonds is 10. The smallest absolute Gasteiger partial charge is 0.211 e. The maximum Gasteiger partial charge on any atom is 0.211 e. The van der Waals surface area contributed by atoms with Crippen LogP contribution in [-0.2, 0) is 9.59 Å². The highest BCUT2D eigenvalue weighted by molar-refractivity contribution is 6.31. The number of benzene rings is 2. The zero-order chi connectivity index (χ0) is 29.7. The van der Waals surface area contributed by atoms with Crippen LogP contribution in [0, 0.1) is 11.2 Å². The van der Waals surface area contributed by atoms with Crippen LogP contribution in [0.3, 0.4) is 0 Å². The Morgan fingerprint density at radius 1 is 1.20 bits per heavy atom. The summed E-state index contributed by atoms with van der Waals surface area (Å²) in [6.45, 7) is 7.37. The maximum atomic E-state index is 14.5. The second kappa shape index (κ2) is 17.0. The molecule has 1 saturated heterocycles. The van der Waals surface area contributed by atoms with Crippen LogP contribution in [0.15, 0.2) is 36.4 Å². The fourth-order valence-electron chi connectivity index (χ4n) is 5.71. The molecule has 1 aliphatic carbocycles. The van der Waals surface area contributed by atoms with Crippen molar-refractivity contribution in [1.82, 2.24) is 4.90 Å². The van der Waals surface area contributed by atoms with E-state index in [1.165, 1.54) is 44.2 Å². The van der Waals surface area contributed by atoms with Gasteiger partial charge in [0.15, 0.2) is 0 Å². The van der Waals surface area contributed by atoms with Crippen LogP contribution in [0.25, 0.3) is 0 Å². The lowest BCUT2D eigenvalue weighted by Crippen LogP contribution is -2.26. The molecule has 3 unspecified atom stereocenters. The van der Waals surface area contributed by atoms with Crippen LogP contribution in [-0.4, -0.2) is 67.2 Å². The molecule has 40 heavy (non-hydrogen) atoms. The van der Waals surface area contributed by atoms with Gasteiger partial charge in [-0.1, -0.05) is 55.1 Å². The van der Waals surface area contributed by atoms with Crippen molar-refractivity contribution in [3.63, 3.8) is 0 Å². The highest BCUT2D eigenvalue weighted by atomic mass is 35.5. The predicted octanol–water partition coefficient (Wildman–Crippen LogP) is 5.36. The minimum Gasteiger partial charge on any atom is -0.394 e. The number of halogens is 3.